The van der Waals surface area contributed by atoms with Gasteiger partial charge in [-0.25, -0.2) is 0 Å². The number of hydrogen-bond donors (Lipinski definition) is 0. The van der Waals surface area contributed by atoms with Gasteiger partial charge < -0.3 is 9.26 Å². The summed E-state index contributed by atoms with van der Waals surface area (Å²) >= 11 is 1.40. The summed E-state index contributed by atoms with van der Waals surface area (Å²) in [6, 6.07) is 0. The lowest BCUT2D eigenvalue weighted by atomic mass is 10.4. The molecule has 0 aliphatic heterocycles. The third-order valence-electron chi connectivity index (χ3n) is 1.64. The maximum Gasteiger partial charge on any atom is 0.315 e. The first kappa shape index (κ1) is 9.78. The van der Waals surface area contributed by atoms with Crippen LogP contribution >= 0.6 is 11.3 Å². The first-order valence-corrected chi connectivity index (χ1v) is 4.96. The first-order valence-electron chi connectivity index (χ1n) is 4.08. The van der Waals surface area contributed by atoms with Gasteiger partial charge in [0.1, 0.15) is 6.42 Å². The average Bonchev–Trinajstić information content (AvgIpc) is 2.85. The van der Waals surface area contributed by atoms with E-state index in [1.807, 2.05) is 0 Å². The van der Waals surface area contributed by atoms with Crippen LogP contribution < -0.4 is 0 Å². The second-order valence-corrected chi connectivity index (χ2v) is 3.52. The molecule has 2 aromatic heterocycles. The number of carbonyl (C=O) groups excluding carboxylic acids is 1. The number of rotatable bonds is 3. The van der Waals surface area contributed by atoms with Crippen LogP contribution in [0.25, 0.3) is 10.7 Å². The van der Waals surface area contributed by atoms with Crippen molar-refractivity contribution in [2.75, 3.05) is 7.11 Å². The van der Waals surface area contributed by atoms with E-state index in [1.54, 1.807) is 11.7 Å². The minimum atomic E-state index is -0.408. The SMILES string of the molecule is COC(=O)Cc1nc(-c2cncs2)no1. The van der Waals surface area contributed by atoms with E-state index in [1.165, 1.54) is 18.4 Å². The van der Waals surface area contributed by atoms with E-state index in [2.05, 4.69) is 19.9 Å². The van der Waals surface area contributed by atoms with E-state index in [0.717, 1.165) is 4.88 Å². The van der Waals surface area contributed by atoms with Gasteiger partial charge in [0.2, 0.25) is 11.7 Å². The van der Waals surface area contributed by atoms with Gasteiger partial charge in [0, 0.05) is 6.20 Å². The molecule has 7 heteroatoms. The van der Waals surface area contributed by atoms with Crippen LogP contribution in [-0.4, -0.2) is 28.2 Å². The molecule has 0 aliphatic carbocycles. The smallest absolute Gasteiger partial charge is 0.315 e. The van der Waals surface area contributed by atoms with Gasteiger partial charge in [-0.1, -0.05) is 5.16 Å². The van der Waals surface area contributed by atoms with E-state index in [-0.39, 0.29) is 12.3 Å². The normalized spacial score (nSPS) is 10.2. The number of carbonyl (C=O) groups is 1. The molecule has 15 heavy (non-hydrogen) atoms. The van der Waals surface area contributed by atoms with Crippen molar-refractivity contribution in [3.63, 3.8) is 0 Å². The van der Waals surface area contributed by atoms with Crippen LogP contribution in [0.3, 0.4) is 0 Å². The predicted octanol–water partition coefficient (Wildman–Crippen LogP) is 0.909. The Kier molecular flexibility index (Phi) is 2.72. The molecule has 2 aromatic rings. The van der Waals surface area contributed by atoms with Gasteiger partial charge in [-0.15, -0.1) is 11.3 Å². The summed E-state index contributed by atoms with van der Waals surface area (Å²) in [6.07, 6.45) is 1.62. The van der Waals surface area contributed by atoms with E-state index < -0.39 is 5.97 Å². The third kappa shape index (κ3) is 2.18. The van der Waals surface area contributed by atoms with E-state index in [0.29, 0.717) is 5.82 Å². The highest BCUT2D eigenvalue weighted by Crippen LogP contribution is 2.19. The molecule has 2 rings (SSSR count). The molecule has 0 atom stereocenters. The Bertz CT molecular complexity index is 451. The quantitative estimate of drug-likeness (QED) is 0.722. The van der Waals surface area contributed by atoms with Crippen LogP contribution in [0, 0.1) is 0 Å². The predicted molar refractivity (Wildman–Crippen MR) is 51.1 cm³/mol. The minimum Gasteiger partial charge on any atom is -0.469 e. The van der Waals surface area contributed by atoms with Gasteiger partial charge >= 0.3 is 5.97 Å². The van der Waals surface area contributed by atoms with Crippen LogP contribution in [-0.2, 0) is 16.0 Å². The van der Waals surface area contributed by atoms with Gasteiger partial charge in [0.25, 0.3) is 0 Å². The molecule has 0 saturated heterocycles. The van der Waals surface area contributed by atoms with Crippen LogP contribution in [0.4, 0.5) is 0 Å². The largest absolute Gasteiger partial charge is 0.469 e. The second-order valence-electron chi connectivity index (χ2n) is 2.63. The number of esters is 1. The fourth-order valence-corrected chi connectivity index (χ4v) is 1.49. The Morgan fingerprint density at radius 2 is 2.53 bits per heavy atom. The standard InChI is InChI=1S/C8H7N3O3S/c1-13-7(12)2-6-10-8(11-14-6)5-3-9-4-15-5/h3-4H,2H2,1H3. The Labute approximate surface area is 88.9 Å². The topological polar surface area (TPSA) is 78.1 Å². The van der Waals surface area contributed by atoms with Crippen molar-refractivity contribution in [3.05, 3.63) is 17.6 Å². The molecule has 2 heterocycles. The average molecular weight is 225 g/mol. The van der Waals surface area contributed by atoms with Crippen molar-refractivity contribution in [2.45, 2.75) is 6.42 Å². The lowest BCUT2D eigenvalue weighted by Gasteiger charge is -1.91. The first-order chi connectivity index (χ1) is 7.29. The summed E-state index contributed by atoms with van der Waals surface area (Å²) in [5.41, 5.74) is 1.67. The summed E-state index contributed by atoms with van der Waals surface area (Å²) in [5, 5.41) is 3.72. The molecule has 0 bridgehead atoms. The highest BCUT2D eigenvalue weighted by atomic mass is 32.1. The maximum atomic E-state index is 10.9. The van der Waals surface area contributed by atoms with E-state index >= 15 is 0 Å². The second kappa shape index (κ2) is 4.18. The number of ether oxygens (including phenoxy) is 1. The van der Waals surface area contributed by atoms with Crippen LogP contribution in [0.1, 0.15) is 5.89 Å². The molecular weight excluding hydrogens is 218 g/mol. The molecule has 0 fully saturated rings. The summed E-state index contributed by atoms with van der Waals surface area (Å²) < 4.78 is 9.36. The Hall–Kier alpha value is -1.76. The molecule has 0 spiro atoms. The molecule has 0 amide bonds. The van der Waals surface area contributed by atoms with Gasteiger partial charge in [0.15, 0.2) is 0 Å². The molecule has 78 valence electrons. The van der Waals surface area contributed by atoms with Gasteiger partial charge in [0.05, 0.1) is 17.5 Å². The summed E-state index contributed by atoms with van der Waals surface area (Å²) in [7, 11) is 1.31. The van der Waals surface area contributed by atoms with Crippen molar-refractivity contribution in [2.24, 2.45) is 0 Å². The summed E-state index contributed by atoms with van der Waals surface area (Å²) in [4.78, 5) is 19.6. The number of nitrogens with zero attached hydrogens (tertiary/aromatic N) is 3. The molecule has 0 aromatic carbocycles. The lowest BCUT2D eigenvalue weighted by molar-refractivity contribution is -0.140. The summed E-state index contributed by atoms with van der Waals surface area (Å²) in [6.45, 7) is 0. The summed E-state index contributed by atoms with van der Waals surface area (Å²) in [5.74, 6) is 0.274. The maximum absolute atomic E-state index is 10.9. The zero-order valence-electron chi connectivity index (χ0n) is 7.84. The van der Waals surface area contributed by atoms with E-state index in [4.69, 9.17) is 4.52 Å². The Morgan fingerprint density at radius 1 is 1.67 bits per heavy atom. The number of thiazole rings is 1. The number of aromatic nitrogens is 3. The van der Waals surface area contributed by atoms with Crippen LogP contribution in [0.2, 0.25) is 0 Å². The van der Waals surface area contributed by atoms with Gasteiger partial charge in [-0.2, -0.15) is 4.98 Å². The highest BCUT2D eigenvalue weighted by Gasteiger charge is 2.13. The minimum absolute atomic E-state index is 0.0116. The fraction of sp³-hybridized carbons (Fsp3) is 0.250. The molecule has 0 N–H and O–H groups in total. The van der Waals surface area contributed by atoms with Crippen molar-refractivity contribution < 1.29 is 14.1 Å². The van der Waals surface area contributed by atoms with Crippen molar-refractivity contribution in [3.8, 4) is 10.7 Å². The molecular formula is C8H7N3O3S. The molecule has 0 saturated carbocycles. The van der Waals surface area contributed by atoms with Crippen LogP contribution in [0.15, 0.2) is 16.2 Å². The van der Waals surface area contributed by atoms with Crippen molar-refractivity contribution in [1.82, 2.24) is 15.1 Å². The molecule has 0 radical (unpaired) electrons. The third-order valence-corrected chi connectivity index (χ3v) is 2.41. The van der Waals surface area contributed by atoms with E-state index in [9.17, 15) is 4.79 Å². The zero-order chi connectivity index (χ0) is 10.7. The Balaban J connectivity index is 2.14. The monoisotopic (exact) mass is 225 g/mol. The fourth-order valence-electron chi connectivity index (χ4n) is 0.949. The Morgan fingerprint density at radius 3 is 3.20 bits per heavy atom. The van der Waals surface area contributed by atoms with Gasteiger partial charge in [-0.3, -0.25) is 9.78 Å². The zero-order valence-corrected chi connectivity index (χ0v) is 8.65. The molecule has 6 nitrogen and oxygen atoms in total. The van der Waals surface area contributed by atoms with Crippen molar-refractivity contribution in [1.29, 1.82) is 0 Å². The van der Waals surface area contributed by atoms with Crippen molar-refractivity contribution >= 4 is 17.3 Å². The number of methoxy groups -OCH3 is 1. The van der Waals surface area contributed by atoms with Gasteiger partial charge in [-0.05, 0) is 0 Å². The molecule has 0 unspecified atom stereocenters. The number of hydrogen-bond acceptors (Lipinski definition) is 7. The van der Waals surface area contributed by atoms with Crippen LogP contribution in [0.5, 0.6) is 0 Å². The lowest BCUT2D eigenvalue weighted by Crippen LogP contribution is -2.04. The highest BCUT2D eigenvalue weighted by molar-refractivity contribution is 7.13. The molecule has 0 aliphatic rings.